The smallest absolute Gasteiger partial charge is 0.321 e. The predicted octanol–water partition coefficient (Wildman–Crippen LogP) is -0.497. The zero-order valence-corrected chi connectivity index (χ0v) is 10.9. The molecule has 0 saturated carbocycles. The van der Waals surface area contributed by atoms with Crippen molar-refractivity contribution in [2.75, 3.05) is 13.2 Å². The van der Waals surface area contributed by atoms with E-state index in [-0.39, 0.29) is 26.2 Å². The van der Waals surface area contributed by atoms with E-state index in [1.807, 2.05) is 30.3 Å². The van der Waals surface area contributed by atoms with Crippen LogP contribution in [0, 0.1) is 0 Å². The summed E-state index contributed by atoms with van der Waals surface area (Å²) < 4.78 is 4.87. The summed E-state index contributed by atoms with van der Waals surface area (Å²) in [4.78, 5) is 21.5. The molecule has 1 aromatic carbocycles. The first-order valence-electron chi connectivity index (χ1n) is 5.91. The van der Waals surface area contributed by atoms with Crippen LogP contribution in [0.5, 0.6) is 0 Å². The molecule has 0 saturated heterocycles. The van der Waals surface area contributed by atoms with Gasteiger partial charge < -0.3 is 25.8 Å². The van der Waals surface area contributed by atoms with E-state index in [1.165, 1.54) is 0 Å². The number of benzene rings is 1. The lowest BCUT2D eigenvalue weighted by Crippen LogP contribution is -2.33. The molecule has 0 aliphatic rings. The topological polar surface area (TPSA) is 130 Å². The number of rotatable bonds is 6. The third-order valence-corrected chi connectivity index (χ3v) is 2.05. The molecule has 0 aromatic heterocycles. The van der Waals surface area contributed by atoms with Gasteiger partial charge in [-0.1, -0.05) is 30.3 Å². The van der Waals surface area contributed by atoms with E-state index in [9.17, 15) is 9.59 Å². The van der Waals surface area contributed by atoms with Crippen molar-refractivity contribution in [3.05, 3.63) is 35.9 Å². The van der Waals surface area contributed by atoms with Crippen molar-refractivity contribution in [2.45, 2.75) is 19.1 Å². The summed E-state index contributed by atoms with van der Waals surface area (Å²) in [6, 6.07) is 7.92. The molecule has 0 fully saturated rings. The summed E-state index contributed by atoms with van der Waals surface area (Å²) in [5, 5.41) is 23.7. The van der Waals surface area contributed by atoms with Gasteiger partial charge in [0.1, 0.15) is 12.6 Å². The second-order valence-electron chi connectivity index (χ2n) is 3.74. The van der Waals surface area contributed by atoms with Crippen molar-refractivity contribution < 1.29 is 29.6 Å². The molecule has 1 atom stereocenters. The van der Waals surface area contributed by atoms with Crippen molar-refractivity contribution in [1.29, 1.82) is 0 Å². The average molecular weight is 285 g/mol. The van der Waals surface area contributed by atoms with Crippen LogP contribution in [0.25, 0.3) is 0 Å². The number of carbonyl (C=O) groups is 2. The molecular formula is C13H19NO6. The van der Waals surface area contributed by atoms with E-state index in [2.05, 4.69) is 0 Å². The Hall–Kier alpha value is -1.96. The Labute approximate surface area is 116 Å². The predicted molar refractivity (Wildman–Crippen MR) is 70.6 cm³/mol. The van der Waals surface area contributed by atoms with Gasteiger partial charge in [0.2, 0.25) is 0 Å². The molecule has 0 unspecified atom stereocenters. The van der Waals surface area contributed by atoms with Crippen LogP contribution in [0.2, 0.25) is 0 Å². The van der Waals surface area contributed by atoms with Crippen molar-refractivity contribution in [1.82, 2.24) is 0 Å². The Morgan fingerprint density at radius 1 is 1.15 bits per heavy atom. The van der Waals surface area contributed by atoms with Gasteiger partial charge in [0.25, 0.3) is 0 Å². The number of aliphatic carboxylic acids is 1. The molecule has 7 nitrogen and oxygen atoms in total. The second-order valence-corrected chi connectivity index (χ2v) is 3.74. The zero-order valence-electron chi connectivity index (χ0n) is 10.9. The summed E-state index contributed by atoms with van der Waals surface area (Å²) in [6.45, 7) is -0.119. The van der Waals surface area contributed by atoms with Gasteiger partial charge in [-0.3, -0.25) is 9.59 Å². The summed E-state index contributed by atoms with van der Waals surface area (Å²) >= 11 is 0. The lowest BCUT2D eigenvalue weighted by Gasteiger charge is -2.07. The largest absolute Gasteiger partial charge is 0.480 e. The summed E-state index contributed by atoms with van der Waals surface area (Å²) in [5.74, 6) is -1.82. The minimum atomic E-state index is -1.21. The maximum Gasteiger partial charge on any atom is 0.321 e. The number of aliphatic hydroxyl groups excluding tert-OH is 2. The Bertz CT molecular complexity index is 393. The maximum absolute atomic E-state index is 11.2. The monoisotopic (exact) mass is 285 g/mol. The minimum absolute atomic E-state index is 0.125. The van der Waals surface area contributed by atoms with Crippen molar-refractivity contribution in [2.24, 2.45) is 5.73 Å². The molecule has 1 rings (SSSR count). The average Bonchev–Trinajstić information content (AvgIpc) is 2.46. The maximum atomic E-state index is 11.2. The van der Waals surface area contributed by atoms with Crippen LogP contribution >= 0.6 is 0 Å². The molecule has 0 bridgehead atoms. The van der Waals surface area contributed by atoms with Gasteiger partial charge in [-0.25, -0.2) is 0 Å². The molecule has 20 heavy (non-hydrogen) atoms. The van der Waals surface area contributed by atoms with Gasteiger partial charge >= 0.3 is 11.9 Å². The number of carbonyl (C=O) groups excluding carboxylic acids is 1. The van der Waals surface area contributed by atoms with Crippen molar-refractivity contribution in [3.8, 4) is 0 Å². The number of hydrogen-bond donors (Lipinski definition) is 4. The van der Waals surface area contributed by atoms with E-state index in [0.717, 1.165) is 5.56 Å². The summed E-state index contributed by atoms with van der Waals surface area (Å²) in [5.41, 5.74) is 6.03. The van der Waals surface area contributed by atoms with Crippen LogP contribution in [0.4, 0.5) is 0 Å². The number of hydrogen-bond acceptors (Lipinski definition) is 6. The molecule has 5 N–H and O–H groups in total. The fraction of sp³-hybridized carbons (Fsp3) is 0.385. The quantitative estimate of drug-likeness (QED) is 0.518. The molecular weight excluding hydrogens is 266 g/mol. The Morgan fingerprint density at radius 2 is 1.70 bits per heavy atom. The van der Waals surface area contributed by atoms with Gasteiger partial charge in [-0.2, -0.15) is 0 Å². The molecule has 0 radical (unpaired) electrons. The van der Waals surface area contributed by atoms with Crippen molar-refractivity contribution in [3.63, 3.8) is 0 Å². The minimum Gasteiger partial charge on any atom is -0.480 e. The van der Waals surface area contributed by atoms with Crippen LogP contribution < -0.4 is 5.73 Å². The molecule has 1 aromatic rings. The van der Waals surface area contributed by atoms with Crippen LogP contribution in [0.3, 0.4) is 0 Å². The highest BCUT2D eigenvalue weighted by molar-refractivity contribution is 5.81. The van der Waals surface area contributed by atoms with Crippen LogP contribution in [-0.2, 0) is 20.9 Å². The third kappa shape index (κ3) is 9.03. The number of aliphatic hydroxyl groups is 2. The first kappa shape index (κ1) is 18.0. The fourth-order valence-corrected chi connectivity index (χ4v) is 1.06. The molecule has 7 heteroatoms. The van der Waals surface area contributed by atoms with Crippen molar-refractivity contribution >= 4 is 11.9 Å². The number of carboxylic acids is 1. The number of ether oxygens (including phenoxy) is 1. The van der Waals surface area contributed by atoms with Gasteiger partial charge in [0.05, 0.1) is 19.6 Å². The van der Waals surface area contributed by atoms with Crippen LogP contribution in [0.1, 0.15) is 12.0 Å². The van der Waals surface area contributed by atoms with Gasteiger partial charge in [0.15, 0.2) is 0 Å². The first-order chi connectivity index (χ1) is 9.51. The lowest BCUT2D eigenvalue weighted by atomic mass is 10.2. The Morgan fingerprint density at radius 3 is 2.15 bits per heavy atom. The highest BCUT2D eigenvalue weighted by Gasteiger charge is 2.17. The standard InChI is InChI=1S/C11H13NO4.C2H6O2/c12-9(11(14)15)6-10(13)16-7-8-4-2-1-3-5-8;3-1-2-4/h1-5,9H,6-7,12H2,(H,14,15);3-4H,1-2H2/t9-;/m0./s1. The van der Waals surface area contributed by atoms with E-state index >= 15 is 0 Å². The summed E-state index contributed by atoms with van der Waals surface area (Å²) in [7, 11) is 0. The van der Waals surface area contributed by atoms with Crippen LogP contribution in [-0.4, -0.2) is 46.5 Å². The highest BCUT2D eigenvalue weighted by Crippen LogP contribution is 2.02. The zero-order chi connectivity index (χ0) is 15.4. The SMILES string of the molecule is N[C@@H](CC(=O)OCc1ccccc1)C(=O)O.OCCO. The first-order valence-corrected chi connectivity index (χ1v) is 5.91. The second kappa shape index (κ2) is 10.9. The molecule has 112 valence electrons. The van der Waals surface area contributed by atoms with E-state index in [4.69, 9.17) is 25.8 Å². The van der Waals surface area contributed by atoms with Crippen LogP contribution in [0.15, 0.2) is 30.3 Å². The van der Waals surface area contributed by atoms with E-state index < -0.39 is 18.0 Å². The van der Waals surface area contributed by atoms with Gasteiger partial charge in [-0.15, -0.1) is 0 Å². The molecule has 0 aliphatic carbocycles. The van der Waals surface area contributed by atoms with Gasteiger partial charge in [0, 0.05) is 0 Å². The van der Waals surface area contributed by atoms with Gasteiger partial charge in [-0.05, 0) is 5.56 Å². The number of esters is 1. The number of carboxylic acid groups (broad SMARTS) is 1. The van der Waals surface area contributed by atoms with E-state index in [0.29, 0.717) is 0 Å². The Kier molecular flexibility index (Phi) is 9.85. The third-order valence-electron chi connectivity index (χ3n) is 2.05. The van der Waals surface area contributed by atoms with E-state index in [1.54, 1.807) is 0 Å². The fourth-order valence-electron chi connectivity index (χ4n) is 1.06. The molecule has 0 spiro atoms. The molecule has 0 heterocycles. The normalized spacial score (nSPS) is 10.9. The summed E-state index contributed by atoms with van der Waals surface area (Å²) in [6.07, 6.45) is -0.317. The Balaban J connectivity index is 0.000000796. The number of nitrogens with two attached hydrogens (primary N) is 1. The molecule has 0 amide bonds. The highest BCUT2D eigenvalue weighted by atomic mass is 16.5. The lowest BCUT2D eigenvalue weighted by molar-refractivity contribution is -0.149. The molecule has 0 aliphatic heterocycles.